The normalized spacial score (nSPS) is 19.5. The maximum absolute atomic E-state index is 7.57. The predicted octanol–water partition coefficient (Wildman–Crippen LogP) is 1.93. The van der Waals surface area contributed by atoms with Crippen molar-refractivity contribution in [3.8, 4) is 0 Å². The first-order chi connectivity index (χ1) is 5.91. The van der Waals surface area contributed by atoms with Crippen LogP contribution in [0.3, 0.4) is 0 Å². The monoisotopic (exact) mass is 173 g/mol. The molecule has 2 heteroatoms. The lowest BCUT2D eigenvalue weighted by atomic mass is 10.2. The van der Waals surface area contributed by atoms with Gasteiger partial charge in [0.05, 0.1) is 0 Å². The van der Waals surface area contributed by atoms with Crippen molar-refractivity contribution >= 4 is 0 Å². The van der Waals surface area contributed by atoms with Crippen LogP contribution in [0.5, 0.6) is 0 Å². The average molecular weight is 173 g/mol. The van der Waals surface area contributed by atoms with E-state index >= 15 is 0 Å². The third-order valence-corrected chi connectivity index (χ3v) is 1.56. The fraction of sp³-hybridized carbons (Fsp3) is 1.00. The summed E-state index contributed by atoms with van der Waals surface area (Å²) >= 11 is 0. The van der Waals surface area contributed by atoms with Crippen LogP contribution in [0.25, 0.3) is 0 Å². The van der Waals surface area contributed by atoms with Gasteiger partial charge in [0, 0.05) is 6.61 Å². The van der Waals surface area contributed by atoms with E-state index in [1.54, 1.807) is 6.92 Å². The molecule has 1 aliphatic carbocycles. The van der Waals surface area contributed by atoms with Gasteiger partial charge >= 0.3 is 0 Å². The summed E-state index contributed by atoms with van der Waals surface area (Å²) < 4.78 is 0. The van der Waals surface area contributed by atoms with Gasteiger partial charge in [-0.25, -0.2) is 0 Å². The topological polar surface area (TPSA) is 32.3 Å². The van der Waals surface area contributed by atoms with Gasteiger partial charge in [-0.2, -0.15) is 0 Å². The van der Waals surface area contributed by atoms with E-state index in [1.807, 2.05) is 0 Å². The summed E-state index contributed by atoms with van der Waals surface area (Å²) in [5, 5.41) is 10.9. The van der Waals surface area contributed by atoms with Crippen molar-refractivity contribution in [3.05, 3.63) is 0 Å². The highest BCUT2D eigenvalue weighted by atomic mass is 16.2. The zero-order valence-corrected chi connectivity index (χ0v) is 8.31. The average Bonchev–Trinajstić information content (AvgIpc) is 2.95. The summed E-state index contributed by atoms with van der Waals surface area (Å²) in [5.41, 5.74) is 0. The lowest BCUT2D eigenvalue weighted by Gasteiger charge is -2.08. The first-order valence-electron chi connectivity index (χ1n) is 5.23. The smallest absolute Gasteiger partial charge is 0.0402 e. The highest BCUT2D eigenvalue weighted by molar-refractivity contribution is 4.55. The Balaban J connectivity index is 0.000000171. The summed E-state index contributed by atoms with van der Waals surface area (Å²) in [7, 11) is 0. The Morgan fingerprint density at radius 2 is 1.25 bits per heavy atom. The van der Waals surface area contributed by atoms with Gasteiger partial charge in [0.2, 0.25) is 0 Å². The molecule has 0 atom stereocenters. The van der Waals surface area contributed by atoms with Gasteiger partial charge in [-0.05, 0) is 32.9 Å². The van der Waals surface area contributed by atoms with E-state index < -0.39 is 0 Å². The molecule has 0 spiro atoms. The minimum Gasteiger partial charge on any atom is -0.397 e. The zero-order chi connectivity index (χ0) is 9.07. The number of piperidine rings is 1. The minimum atomic E-state index is 0.250. The van der Waals surface area contributed by atoms with Gasteiger partial charge in [0.1, 0.15) is 0 Å². The fourth-order valence-electron chi connectivity index (χ4n) is 0.802. The van der Waals surface area contributed by atoms with Gasteiger partial charge in [-0.1, -0.05) is 25.7 Å². The predicted molar refractivity (Wildman–Crippen MR) is 53.3 cm³/mol. The second kappa shape index (κ2) is 10.9. The Morgan fingerprint density at radius 1 is 0.917 bits per heavy atom. The van der Waals surface area contributed by atoms with Gasteiger partial charge < -0.3 is 10.4 Å². The Hall–Kier alpha value is -0.0800. The molecule has 0 amide bonds. The van der Waals surface area contributed by atoms with E-state index in [9.17, 15) is 0 Å². The van der Waals surface area contributed by atoms with Crippen molar-refractivity contribution in [2.75, 3.05) is 19.7 Å². The van der Waals surface area contributed by atoms with Crippen molar-refractivity contribution in [1.82, 2.24) is 5.32 Å². The Bertz CT molecular complexity index is 56.0. The van der Waals surface area contributed by atoms with Gasteiger partial charge in [-0.15, -0.1) is 0 Å². The maximum Gasteiger partial charge on any atom is 0.0402 e. The van der Waals surface area contributed by atoms with Gasteiger partial charge in [0.15, 0.2) is 0 Å². The molecule has 1 heterocycles. The summed E-state index contributed by atoms with van der Waals surface area (Å²) in [6.07, 6.45) is 8.72. The SMILES string of the molecule is C1CC1.C1CCNCC1.CCO. The fourth-order valence-corrected chi connectivity index (χ4v) is 0.802. The molecule has 2 rings (SSSR count). The maximum atomic E-state index is 7.57. The molecule has 0 radical (unpaired) electrons. The van der Waals surface area contributed by atoms with E-state index in [2.05, 4.69) is 5.32 Å². The third kappa shape index (κ3) is 16.5. The van der Waals surface area contributed by atoms with Crippen molar-refractivity contribution in [3.63, 3.8) is 0 Å². The minimum absolute atomic E-state index is 0.250. The molecule has 2 nitrogen and oxygen atoms in total. The first-order valence-corrected chi connectivity index (χ1v) is 5.23. The molecular weight excluding hydrogens is 150 g/mol. The molecule has 0 aromatic carbocycles. The standard InChI is InChI=1S/C5H11N.C3H6.C2H6O/c1-2-4-6-5-3-1;1-2-3-1;1-2-3/h6H,1-5H2;1-3H2;3H,2H2,1H3. The molecular formula is C10H23NO. The Morgan fingerprint density at radius 3 is 1.33 bits per heavy atom. The second-order valence-corrected chi connectivity index (χ2v) is 3.19. The number of aliphatic hydroxyl groups is 1. The molecule has 2 fully saturated rings. The van der Waals surface area contributed by atoms with E-state index in [0.29, 0.717) is 0 Å². The summed E-state index contributed by atoms with van der Waals surface area (Å²) in [5.74, 6) is 0. The summed E-state index contributed by atoms with van der Waals surface area (Å²) in [6, 6.07) is 0. The van der Waals surface area contributed by atoms with Crippen LogP contribution in [-0.4, -0.2) is 24.8 Å². The Labute approximate surface area is 76.4 Å². The third-order valence-electron chi connectivity index (χ3n) is 1.56. The summed E-state index contributed by atoms with van der Waals surface area (Å²) in [4.78, 5) is 0. The lowest BCUT2D eigenvalue weighted by Crippen LogP contribution is -2.21. The zero-order valence-electron chi connectivity index (χ0n) is 8.31. The molecule has 2 N–H and O–H groups in total. The number of hydrogen-bond donors (Lipinski definition) is 2. The highest BCUT2D eigenvalue weighted by Gasteiger charge is 1.95. The molecule has 0 aromatic rings. The molecule has 12 heavy (non-hydrogen) atoms. The molecule has 0 unspecified atom stereocenters. The van der Waals surface area contributed by atoms with Crippen LogP contribution in [0.1, 0.15) is 45.4 Å². The van der Waals surface area contributed by atoms with E-state index in [-0.39, 0.29) is 6.61 Å². The number of nitrogens with one attached hydrogen (secondary N) is 1. The first kappa shape index (κ1) is 11.9. The van der Waals surface area contributed by atoms with E-state index in [4.69, 9.17) is 5.11 Å². The van der Waals surface area contributed by atoms with E-state index in [0.717, 1.165) is 0 Å². The largest absolute Gasteiger partial charge is 0.397 e. The molecule has 74 valence electrons. The van der Waals surface area contributed by atoms with Crippen molar-refractivity contribution in [2.45, 2.75) is 45.4 Å². The Kier molecular flexibility index (Phi) is 10.8. The number of hydrogen-bond acceptors (Lipinski definition) is 2. The van der Waals surface area contributed by atoms with Crippen LogP contribution in [0.15, 0.2) is 0 Å². The van der Waals surface area contributed by atoms with Crippen LogP contribution in [0, 0.1) is 0 Å². The van der Waals surface area contributed by atoms with Crippen LogP contribution >= 0.6 is 0 Å². The van der Waals surface area contributed by atoms with Crippen molar-refractivity contribution < 1.29 is 5.11 Å². The van der Waals surface area contributed by atoms with Crippen LogP contribution in [0.2, 0.25) is 0 Å². The van der Waals surface area contributed by atoms with Crippen molar-refractivity contribution in [1.29, 1.82) is 0 Å². The molecule has 2 aliphatic rings. The lowest BCUT2D eigenvalue weighted by molar-refractivity contribution is 0.318. The van der Waals surface area contributed by atoms with Crippen molar-refractivity contribution in [2.24, 2.45) is 0 Å². The molecule has 0 bridgehead atoms. The second-order valence-electron chi connectivity index (χ2n) is 3.19. The van der Waals surface area contributed by atoms with Gasteiger partial charge in [0.25, 0.3) is 0 Å². The molecule has 1 saturated heterocycles. The molecule has 1 saturated carbocycles. The van der Waals surface area contributed by atoms with Gasteiger partial charge in [-0.3, -0.25) is 0 Å². The van der Waals surface area contributed by atoms with Crippen LogP contribution < -0.4 is 5.32 Å². The molecule has 1 aliphatic heterocycles. The quantitative estimate of drug-likeness (QED) is 0.586. The number of rotatable bonds is 0. The van der Waals surface area contributed by atoms with E-state index in [1.165, 1.54) is 51.6 Å². The van der Waals surface area contributed by atoms with Crippen LogP contribution in [0.4, 0.5) is 0 Å². The highest BCUT2D eigenvalue weighted by Crippen LogP contribution is 2.14. The molecule has 0 aromatic heterocycles. The van der Waals surface area contributed by atoms with Crippen LogP contribution in [-0.2, 0) is 0 Å². The number of aliphatic hydroxyl groups excluding tert-OH is 1. The summed E-state index contributed by atoms with van der Waals surface area (Å²) in [6.45, 7) is 4.43.